The number of rotatable bonds is 3. The molecule has 2 rings (SSSR count). The average Bonchev–Trinajstić information content (AvgIpc) is 2.74. The summed E-state index contributed by atoms with van der Waals surface area (Å²) in [4.78, 5) is 36.5. The van der Waals surface area contributed by atoms with Crippen LogP contribution in [0.3, 0.4) is 0 Å². The Morgan fingerprint density at radius 3 is 2.52 bits per heavy atom. The van der Waals surface area contributed by atoms with E-state index in [0.717, 1.165) is 16.7 Å². The van der Waals surface area contributed by atoms with Crippen LogP contribution in [0.25, 0.3) is 6.08 Å². The van der Waals surface area contributed by atoms with Gasteiger partial charge in [-0.15, -0.1) is 0 Å². The predicted molar refractivity (Wildman–Crippen MR) is 75.7 cm³/mol. The highest BCUT2D eigenvalue weighted by Gasteiger charge is 2.41. The fourth-order valence-corrected chi connectivity index (χ4v) is 2.71. The molecule has 0 aromatic heterocycles. The quantitative estimate of drug-likeness (QED) is 0.634. The van der Waals surface area contributed by atoms with Gasteiger partial charge >= 0.3 is 5.97 Å². The second kappa shape index (κ2) is 6.09. The topological polar surface area (TPSA) is 63.7 Å². The first-order valence-electron chi connectivity index (χ1n) is 6.04. The lowest BCUT2D eigenvalue weighted by Crippen LogP contribution is -2.42. The Morgan fingerprint density at radius 1 is 1.33 bits per heavy atom. The predicted octanol–water partition coefficient (Wildman–Crippen LogP) is 2.42. The molecule has 1 saturated heterocycles. The zero-order chi connectivity index (χ0) is 15.6. The molecule has 7 heteroatoms. The first-order valence-corrected chi connectivity index (χ1v) is 6.86. The van der Waals surface area contributed by atoms with E-state index < -0.39 is 23.2 Å². The van der Waals surface area contributed by atoms with E-state index in [0.29, 0.717) is 5.56 Å². The second-order valence-electron chi connectivity index (χ2n) is 4.30. The van der Waals surface area contributed by atoms with E-state index >= 15 is 0 Å². The van der Waals surface area contributed by atoms with Crippen molar-refractivity contribution < 1.29 is 23.5 Å². The molecule has 0 bridgehead atoms. The number of halogens is 1. The first kappa shape index (κ1) is 15.2. The SMILES string of the molecule is COC(=O)[C@H](C)N1C(=O)S/C(=C/c2ccc(F)cc2)C1=O. The molecule has 2 amide bonds. The number of esters is 1. The van der Waals surface area contributed by atoms with Gasteiger partial charge in [-0.05, 0) is 42.5 Å². The molecule has 0 N–H and O–H groups in total. The van der Waals surface area contributed by atoms with Crippen LogP contribution in [0.4, 0.5) is 9.18 Å². The van der Waals surface area contributed by atoms with Crippen molar-refractivity contribution in [3.8, 4) is 0 Å². The van der Waals surface area contributed by atoms with Crippen LogP contribution in [-0.4, -0.2) is 35.2 Å². The molecule has 1 heterocycles. The number of methoxy groups -OCH3 is 1. The van der Waals surface area contributed by atoms with Crippen LogP contribution in [0, 0.1) is 5.82 Å². The van der Waals surface area contributed by atoms with E-state index in [-0.39, 0.29) is 10.7 Å². The molecule has 21 heavy (non-hydrogen) atoms. The molecule has 1 fully saturated rings. The van der Waals surface area contributed by atoms with Gasteiger partial charge in [0.1, 0.15) is 11.9 Å². The van der Waals surface area contributed by atoms with Crippen molar-refractivity contribution >= 4 is 35.0 Å². The van der Waals surface area contributed by atoms with Gasteiger partial charge in [0.25, 0.3) is 11.1 Å². The van der Waals surface area contributed by atoms with Crippen molar-refractivity contribution in [2.24, 2.45) is 0 Å². The monoisotopic (exact) mass is 309 g/mol. The Kier molecular flexibility index (Phi) is 4.42. The normalized spacial score (nSPS) is 18.2. The molecule has 0 radical (unpaired) electrons. The smallest absolute Gasteiger partial charge is 0.328 e. The highest BCUT2D eigenvalue weighted by Crippen LogP contribution is 2.33. The van der Waals surface area contributed by atoms with Crippen molar-refractivity contribution in [1.29, 1.82) is 0 Å². The van der Waals surface area contributed by atoms with Crippen molar-refractivity contribution in [1.82, 2.24) is 4.90 Å². The Hall–Kier alpha value is -2.15. The third kappa shape index (κ3) is 3.13. The summed E-state index contributed by atoms with van der Waals surface area (Å²) >= 11 is 0.734. The molecule has 110 valence electrons. The molecule has 0 spiro atoms. The lowest BCUT2D eigenvalue weighted by atomic mass is 10.2. The van der Waals surface area contributed by atoms with Crippen molar-refractivity contribution in [2.45, 2.75) is 13.0 Å². The number of carbonyl (C=O) groups excluding carboxylic acids is 3. The van der Waals surface area contributed by atoms with E-state index in [1.165, 1.54) is 44.4 Å². The summed E-state index contributed by atoms with van der Waals surface area (Å²) in [5.41, 5.74) is 0.590. The maximum absolute atomic E-state index is 12.8. The molecule has 0 unspecified atom stereocenters. The number of thioether (sulfide) groups is 1. The van der Waals surface area contributed by atoms with Crippen molar-refractivity contribution in [2.75, 3.05) is 7.11 Å². The van der Waals surface area contributed by atoms with Crippen LogP contribution < -0.4 is 0 Å². The number of hydrogen-bond donors (Lipinski definition) is 0. The van der Waals surface area contributed by atoms with E-state index in [9.17, 15) is 18.8 Å². The molecule has 0 aliphatic carbocycles. The van der Waals surface area contributed by atoms with Crippen molar-refractivity contribution in [3.63, 3.8) is 0 Å². The molecule has 5 nitrogen and oxygen atoms in total. The van der Waals surface area contributed by atoms with Crippen molar-refractivity contribution in [3.05, 3.63) is 40.6 Å². The van der Waals surface area contributed by atoms with Gasteiger partial charge in [0.05, 0.1) is 12.0 Å². The van der Waals surface area contributed by atoms with Crippen LogP contribution in [0.5, 0.6) is 0 Å². The third-order valence-electron chi connectivity index (χ3n) is 2.92. The molecule has 1 aliphatic rings. The van der Waals surface area contributed by atoms with E-state index in [1.807, 2.05) is 0 Å². The minimum atomic E-state index is -0.985. The number of benzene rings is 1. The number of carbonyl (C=O) groups is 3. The summed E-state index contributed by atoms with van der Waals surface area (Å²) in [6.07, 6.45) is 1.48. The van der Waals surface area contributed by atoms with Gasteiger partial charge in [-0.25, -0.2) is 9.18 Å². The standard InChI is InChI=1S/C14H12FNO4S/c1-8(13(18)20-2)16-12(17)11(21-14(16)19)7-9-3-5-10(15)6-4-9/h3-8H,1-2H3/b11-7+/t8-/m0/s1. The zero-order valence-corrected chi connectivity index (χ0v) is 12.1. The van der Waals surface area contributed by atoms with Gasteiger partial charge in [0.2, 0.25) is 0 Å². The van der Waals surface area contributed by atoms with Gasteiger partial charge < -0.3 is 4.74 Å². The summed E-state index contributed by atoms with van der Waals surface area (Å²) in [5.74, 6) is -1.62. The van der Waals surface area contributed by atoms with Crippen LogP contribution >= 0.6 is 11.8 Å². The zero-order valence-electron chi connectivity index (χ0n) is 11.3. The van der Waals surface area contributed by atoms with Crippen LogP contribution in [-0.2, 0) is 14.3 Å². The van der Waals surface area contributed by atoms with Gasteiger partial charge in [0.15, 0.2) is 0 Å². The number of amides is 2. The average molecular weight is 309 g/mol. The Bertz CT molecular complexity index is 626. The number of imide groups is 1. The summed E-state index contributed by atoms with van der Waals surface area (Å²) in [5, 5.41) is -0.536. The largest absolute Gasteiger partial charge is 0.467 e. The molecule has 0 saturated carbocycles. The fraction of sp³-hybridized carbons (Fsp3) is 0.214. The number of hydrogen-bond acceptors (Lipinski definition) is 5. The van der Waals surface area contributed by atoms with Gasteiger partial charge in [0, 0.05) is 0 Å². The molecule has 1 aromatic rings. The first-order chi connectivity index (χ1) is 9.93. The van der Waals surface area contributed by atoms with E-state index in [1.54, 1.807) is 0 Å². The minimum absolute atomic E-state index is 0.183. The highest BCUT2D eigenvalue weighted by molar-refractivity contribution is 8.18. The van der Waals surface area contributed by atoms with Crippen LogP contribution in [0.2, 0.25) is 0 Å². The highest BCUT2D eigenvalue weighted by atomic mass is 32.2. The molecular formula is C14H12FNO4S. The summed E-state index contributed by atoms with van der Waals surface area (Å²) < 4.78 is 17.4. The lowest BCUT2D eigenvalue weighted by molar-refractivity contribution is -0.148. The van der Waals surface area contributed by atoms with Gasteiger partial charge in [-0.2, -0.15) is 0 Å². The number of ether oxygens (including phenoxy) is 1. The lowest BCUT2D eigenvalue weighted by Gasteiger charge is -2.18. The number of nitrogens with zero attached hydrogens (tertiary/aromatic N) is 1. The molecular weight excluding hydrogens is 297 g/mol. The van der Waals surface area contributed by atoms with Crippen LogP contribution in [0.1, 0.15) is 12.5 Å². The maximum atomic E-state index is 12.8. The molecule has 1 aromatic carbocycles. The van der Waals surface area contributed by atoms with Gasteiger partial charge in [-0.1, -0.05) is 12.1 Å². The Balaban J connectivity index is 2.25. The Morgan fingerprint density at radius 2 is 1.95 bits per heavy atom. The molecule has 1 atom stereocenters. The summed E-state index contributed by atoms with van der Waals surface area (Å²) in [6.45, 7) is 1.42. The van der Waals surface area contributed by atoms with E-state index in [4.69, 9.17) is 0 Å². The van der Waals surface area contributed by atoms with Crippen LogP contribution in [0.15, 0.2) is 29.2 Å². The fourth-order valence-electron chi connectivity index (χ4n) is 1.80. The molecule has 1 aliphatic heterocycles. The van der Waals surface area contributed by atoms with Gasteiger partial charge in [-0.3, -0.25) is 14.5 Å². The summed E-state index contributed by atoms with van der Waals surface area (Å²) in [6, 6.07) is 4.52. The third-order valence-corrected chi connectivity index (χ3v) is 3.80. The minimum Gasteiger partial charge on any atom is -0.467 e. The maximum Gasteiger partial charge on any atom is 0.328 e. The Labute approximate surface area is 124 Å². The second-order valence-corrected chi connectivity index (χ2v) is 5.30. The van der Waals surface area contributed by atoms with E-state index in [2.05, 4.69) is 4.74 Å². The summed E-state index contributed by atoms with van der Waals surface area (Å²) in [7, 11) is 1.19.